The molecule has 1 N–H and O–H groups in total. The largest absolute Gasteiger partial charge is 0.310 e. The van der Waals surface area contributed by atoms with E-state index in [-0.39, 0.29) is 0 Å². The molecule has 0 bridgehead atoms. The van der Waals surface area contributed by atoms with Gasteiger partial charge in [0.15, 0.2) is 0 Å². The number of rotatable bonds is 5. The maximum absolute atomic E-state index is 13.8. The predicted octanol–water partition coefficient (Wildman–Crippen LogP) is 5.27. The lowest BCUT2D eigenvalue weighted by Crippen LogP contribution is -2.22. The van der Waals surface area contributed by atoms with Crippen LogP contribution in [0, 0.1) is 11.6 Å². The fraction of sp³-hybridized carbons (Fsp3) is 0.250. The van der Waals surface area contributed by atoms with Gasteiger partial charge in [-0.25, -0.2) is 8.78 Å². The highest BCUT2D eigenvalue weighted by Gasteiger charge is 2.12. The molecule has 0 unspecified atom stereocenters. The first kappa shape index (κ1) is 16.3. The lowest BCUT2D eigenvalue weighted by molar-refractivity contribution is 0.565. The summed E-state index contributed by atoms with van der Waals surface area (Å²) in [7, 11) is 0. The normalized spacial score (nSPS) is 11.1. The molecule has 2 rings (SSSR count). The van der Waals surface area contributed by atoms with Crippen LogP contribution in [-0.4, -0.2) is 6.04 Å². The lowest BCUT2D eigenvalue weighted by atomic mass is 10.2. The minimum atomic E-state index is -0.585. The van der Waals surface area contributed by atoms with Crippen LogP contribution in [-0.2, 0) is 6.54 Å². The number of nitrogens with one attached hydrogen (secondary N) is 1. The second-order valence-corrected chi connectivity index (χ2v) is 6.40. The first-order valence-electron chi connectivity index (χ1n) is 6.61. The molecule has 0 aliphatic heterocycles. The second-order valence-electron chi connectivity index (χ2n) is 4.94. The van der Waals surface area contributed by atoms with Crippen molar-refractivity contribution in [3.05, 3.63) is 58.6 Å². The average molecular weight is 328 g/mol. The summed E-state index contributed by atoms with van der Waals surface area (Å²) in [5.41, 5.74) is 0.991. The quantitative estimate of drug-likeness (QED) is 0.803. The van der Waals surface area contributed by atoms with E-state index < -0.39 is 11.6 Å². The number of benzene rings is 2. The van der Waals surface area contributed by atoms with E-state index in [9.17, 15) is 8.78 Å². The lowest BCUT2D eigenvalue weighted by Gasteiger charge is -2.14. The Kier molecular flexibility index (Phi) is 5.62. The topological polar surface area (TPSA) is 12.0 Å². The molecule has 21 heavy (non-hydrogen) atoms. The van der Waals surface area contributed by atoms with E-state index in [4.69, 9.17) is 11.6 Å². The maximum atomic E-state index is 13.8. The summed E-state index contributed by atoms with van der Waals surface area (Å²) in [5.74, 6) is -1.17. The van der Waals surface area contributed by atoms with Crippen molar-refractivity contribution >= 4 is 23.4 Å². The molecule has 2 aromatic rings. The Balaban J connectivity index is 2.29. The summed E-state index contributed by atoms with van der Waals surface area (Å²) in [4.78, 5) is 1.15. The fourth-order valence-electron chi connectivity index (χ4n) is 1.79. The smallest absolute Gasteiger partial charge is 0.140 e. The third-order valence-corrected chi connectivity index (χ3v) is 4.52. The van der Waals surface area contributed by atoms with Crippen LogP contribution in [0.2, 0.25) is 5.02 Å². The van der Waals surface area contributed by atoms with E-state index in [2.05, 4.69) is 19.2 Å². The van der Waals surface area contributed by atoms with E-state index in [1.807, 2.05) is 12.1 Å². The monoisotopic (exact) mass is 327 g/mol. The Hall–Kier alpha value is -1.10. The highest BCUT2D eigenvalue weighted by atomic mass is 35.5. The van der Waals surface area contributed by atoms with Crippen molar-refractivity contribution in [1.29, 1.82) is 0 Å². The predicted molar refractivity (Wildman–Crippen MR) is 83.9 cm³/mol. The molecule has 0 saturated heterocycles. The highest BCUT2D eigenvalue weighted by Crippen LogP contribution is 2.37. The minimum absolute atomic E-state index is 0.337. The SMILES string of the molecule is CC(C)NCc1cccc(Cl)c1Sc1ccc(F)cc1F. The number of hydrogen-bond donors (Lipinski definition) is 1. The molecule has 1 nitrogen and oxygen atoms in total. The second kappa shape index (κ2) is 7.25. The van der Waals surface area contributed by atoms with Gasteiger partial charge in [-0.15, -0.1) is 0 Å². The fourth-order valence-corrected chi connectivity index (χ4v) is 3.05. The van der Waals surface area contributed by atoms with Crippen molar-refractivity contribution in [2.75, 3.05) is 0 Å². The Morgan fingerprint density at radius 3 is 2.62 bits per heavy atom. The molecule has 0 amide bonds. The molecular weight excluding hydrogens is 312 g/mol. The molecule has 112 valence electrons. The van der Waals surface area contributed by atoms with E-state index >= 15 is 0 Å². The standard InChI is InChI=1S/C16H16ClF2NS/c1-10(2)20-9-11-4-3-5-13(17)16(11)21-15-7-6-12(18)8-14(15)19/h3-8,10,20H,9H2,1-2H3. The van der Waals surface area contributed by atoms with E-state index in [1.54, 1.807) is 6.07 Å². The van der Waals surface area contributed by atoms with Gasteiger partial charge in [0.1, 0.15) is 11.6 Å². The first-order valence-corrected chi connectivity index (χ1v) is 7.80. The summed E-state index contributed by atoms with van der Waals surface area (Å²) >= 11 is 7.45. The first-order chi connectivity index (χ1) is 9.97. The van der Waals surface area contributed by atoms with Crippen LogP contribution in [0.3, 0.4) is 0 Å². The number of hydrogen-bond acceptors (Lipinski definition) is 2. The Morgan fingerprint density at radius 1 is 1.19 bits per heavy atom. The Morgan fingerprint density at radius 2 is 1.95 bits per heavy atom. The summed E-state index contributed by atoms with van der Waals surface area (Å²) in [5, 5.41) is 3.88. The average Bonchev–Trinajstić information content (AvgIpc) is 2.42. The van der Waals surface area contributed by atoms with Crippen LogP contribution in [0.5, 0.6) is 0 Å². The maximum Gasteiger partial charge on any atom is 0.140 e. The highest BCUT2D eigenvalue weighted by molar-refractivity contribution is 7.99. The van der Waals surface area contributed by atoms with Crippen LogP contribution >= 0.6 is 23.4 Å². The zero-order valence-electron chi connectivity index (χ0n) is 11.8. The van der Waals surface area contributed by atoms with Crippen LogP contribution in [0.1, 0.15) is 19.4 Å². The molecule has 2 aromatic carbocycles. The van der Waals surface area contributed by atoms with Crippen molar-refractivity contribution in [3.8, 4) is 0 Å². The van der Waals surface area contributed by atoms with Gasteiger partial charge in [-0.1, -0.05) is 49.3 Å². The summed E-state index contributed by atoms with van der Waals surface area (Å²) in [6.45, 7) is 4.75. The molecule has 0 radical (unpaired) electrons. The van der Waals surface area contributed by atoms with Gasteiger partial charge in [0.25, 0.3) is 0 Å². The van der Waals surface area contributed by atoms with Crippen LogP contribution in [0.25, 0.3) is 0 Å². The van der Waals surface area contributed by atoms with Gasteiger partial charge in [0.05, 0.1) is 5.02 Å². The number of halogens is 3. The molecule has 0 heterocycles. The molecule has 0 saturated carbocycles. The van der Waals surface area contributed by atoms with Crippen molar-refractivity contribution in [2.24, 2.45) is 0 Å². The Labute approximate surface area is 132 Å². The molecule has 5 heteroatoms. The zero-order chi connectivity index (χ0) is 15.4. The van der Waals surface area contributed by atoms with Gasteiger partial charge in [-0.3, -0.25) is 0 Å². The van der Waals surface area contributed by atoms with Crippen molar-refractivity contribution in [3.63, 3.8) is 0 Å². The van der Waals surface area contributed by atoms with E-state index in [0.29, 0.717) is 22.5 Å². The molecule has 0 aromatic heterocycles. The van der Waals surface area contributed by atoms with E-state index in [0.717, 1.165) is 16.5 Å². The molecule has 0 aliphatic rings. The minimum Gasteiger partial charge on any atom is -0.310 e. The molecular formula is C16H16ClF2NS. The summed E-state index contributed by atoms with van der Waals surface area (Å²) < 4.78 is 26.8. The third-order valence-electron chi connectivity index (χ3n) is 2.86. The van der Waals surface area contributed by atoms with Gasteiger partial charge in [-0.05, 0) is 23.8 Å². The van der Waals surface area contributed by atoms with Gasteiger partial charge >= 0.3 is 0 Å². The molecule has 0 aliphatic carbocycles. The van der Waals surface area contributed by atoms with Crippen LogP contribution in [0.4, 0.5) is 8.78 Å². The van der Waals surface area contributed by atoms with Crippen molar-refractivity contribution in [2.45, 2.75) is 36.2 Å². The van der Waals surface area contributed by atoms with Gasteiger partial charge in [0.2, 0.25) is 0 Å². The molecule has 0 spiro atoms. The third kappa shape index (κ3) is 4.43. The van der Waals surface area contributed by atoms with Gasteiger partial charge < -0.3 is 5.32 Å². The molecule has 0 fully saturated rings. The Bertz CT molecular complexity index is 632. The van der Waals surface area contributed by atoms with E-state index in [1.165, 1.54) is 23.9 Å². The van der Waals surface area contributed by atoms with Gasteiger partial charge in [0, 0.05) is 28.4 Å². The molecule has 0 atom stereocenters. The zero-order valence-corrected chi connectivity index (χ0v) is 13.4. The summed E-state index contributed by atoms with van der Waals surface area (Å²) in [6.07, 6.45) is 0. The van der Waals surface area contributed by atoms with Crippen LogP contribution in [0.15, 0.2) is 46.2 Å². The van der Waals surface area contributed by atoms with Crippen LogP contribution < -0.4 is 5.32 Å². The summed E-state index contributed by atoms with van der Waals surface area (Å²) in [6, 6.07) is 9.47. The van der Waals surface area contributed by atoms with Crippen molar-refractivity contribution < 1.29 is 8.78 Å². The van der Waals surface area contributed by atoms with Crippen molar-refractivity contribution in [1.82, 2.24) is 5.32 Å². The van der Waals surface area contributed by atoms with Gasteiger partial charge in [-0.2, -0.15) is 0 Å².